The number of hydrogen-bond acceptors (Lipinski definition) is 2. The van der Waals surface area contributed by atoms with E-state index in [0.29, 0.717) is 5.88 Å². The lowest BCUT2D eigenvalue weighted by Gasteiger charge is -2.02. The van der Waals surface area contributed by atoms with E-state index >= 15 is 0 Å². The van der Waals surface area contributed by atoms with Crippen LogP contribution in [0.1, 0.15) is 0 Å². The maximum Gasteiger partial charge on any atom is 0.206 e. The summed E-state index contributed by atoms with van der Waals surface area (Å²) in [7, 11) is 3.63. The summed E-state index contributed by atoms with van der Waals surface area (Å²) in [4.78, 5) is 7.24. The van der Waals surface area contributed by atoms with Crippen LogP contribution in [0.15, 0.2) is 18.5 Å². The molecule has 2 heterocycles. The molecule has 2 aromatic heterocycles. The molecule has 0 aromatic carbocycles. The molecular formula is C8H9BN2O. The summed E-state index contributed by atoms with van der Waals surface area (Å²) in [5, 5.41) is 1.17. The van der Waals surface area contributed by atoms with Crippen LogP contribution in [0.5, 0.6) is 5.88 Å². The highest BCUT2D eigenvalue weighted by Gasteiger charge is 2.04. The number of hydrogen-bond donors (Lipinski definition) is 1. The third-order valence-electron chi connectivity index (χ3n) is 2.01. The van der Waals surface area contributed by atoms with Crippen molar-refractivity contribution in [1.29, 1.82) is 0 Å². The molecule has 12 heavy (non-hydrogen) atoms. The van der Waals surface area contributed by atoms with Gasteiger partial charge in [-0.15, -0.1) is 0 Å². The molecule has 0 unspecified atom stereocenters. The Hall–Kier alpha value is -1.45. The van der Waals surface area contributed by atoms with Gasteiger partial charge in [0.1, 0.15) is 7.85 Å². The molecule has 60 valence electrons. The summed E-state index contributed by atoms with van der Waals surface area (Å²) >= 11 is 0. The second kappa shape index (κ2) is 2.55. The van der Waals surface area contributed by atoms with Crippen molar-refractivity contribution < 1.29 is 4.74 Å². The minimum atomic E-state index is 0.696. The fraction of sp³-hybridized carbons (Fsp3) is 0.125. The smallest absolute Gasteiger partial charge is 0.206 e. The van der Waals surface area contributed by atoms with Crippen LogP contribution in [0.2, 0.25) is 0 Å². The highest BCUT2D eigenvalue weighted by molar-refractivity contribution is 6.40. The van der Waals surface area contributed by atoms with Gasteiger partial charge in [0, 0.05) is 6.20 Å². The van der Waals surface area contributed by atoms with Gasteiger partial charge < -0.3 is 9.72 Å². The minimum Gasteiger partial charge on any atom is -0.481 e. The number of rotatable bonds is 1. The molecule has 0 saturated carbocycles. The van der Waals surface area contributed by atoms with Gasteiger partial charge in [-0.3, -0.25) is 0 Å². The van der Waals surface area contributed by atoms with Crippen LogP contribution in [-0.4, -0.2) is 24.9 Å². The summed E-state index contributed by atoms with van der Waals surface area (Å²) < 4.78 is 5.10. The van der Waals surface area contributed by atoms with E-state index in [1.54, 1.807) is 13.3 Å². The van der Waals surface area contributed by atoms with Crippen molar-refractivity contribution in [3.63, 3.8) is 0 Å². The Morgan fingerprint density at radius 2 is 2.42 bits per heavy atom. The summed E-state index contributed by atoms with van der Waals surface area (Å²) in [6.45, 7) is 0. The largest absolute Gasteiger partial charge is 0.481 e. The molecule has 3 nitrogen and oxygen atoms in total. The molecule has 1 N–H and O–H groups in total. The van der Waals surface area contributed by atoms with Crippen LogP contribution in [-0.2, 0) is 0 Å². The third-order valence-corrected chi connectivity index (χ3v) is 2.01. The van der Waals surface area contributed by atoms with E-state index in [4.69, 9.17) is 4.74 Å². The molecule has 0 saturated heterocycles. The molecule has 4 heteroatoms. The monoisotopic (exact) mass is 160 g/mol. The third kappa shape index (κ3) is 0.880. The minimum absolute atomic E-state index is 0.696. The second-order valence-corrected chi connectivity index (χ2v) is 2.70. The molecule has 0 aliphatic carbocycles. The quantitative estimate of drug-likeness (QED) is 0.588. The Labute approximate surface area is 71.2 Å². The molecule has 0 atom stereocenters. The first-order chi connectivity index (χ1) is 5.83. The van der Waals surface area contributed by atoms with Crippen molar-refractivity contribution in [3.8, 4) is 5.88 Å². The van der Waals surface area contributed by atoms with Crippen molar-refractivity contribution in [3.05, 3.63) is 18.5 Å². The second-order valence-electron chi connectivity index (χ2n) is 2.70. The predicted molar refractivity (Wildman–Crippen MR) is 50.8 cm³/mol. The van der Waals surface area contributed by atoms with Gasteiger partial charge in [-0.25, -0.2) is 4.98 Å². The average Bonchev–Trinajstić information content (AvgIpc) is 2.53. The van der Waals surface area contributed by atoms with Crippen molar-refractivity contribution in [2.75, 3.05) is 7.11 Å². The zero-order valence-corrected chi connectivity index (χ0v) is 7.09. The Balaban J connectivity index is 2.78. The van der Waals surface area contributed by atoms with E-state index in [0.717, 1.165) is 11.0 Å². The predicted octanol–water partition coefficient (Wildman–Crippen LogP) is -0.170. The van der Waals surface area contributed by atoms with Gasteiger partial charge in [-0.05, 0) is 16.9 Å². The highest BCUT2D eigenvalue weighted by atomic mass is 16.5. The number of fused-ring (bicyclic) bond motifs is 1. The van der Waals surface area contributed by atoms with Crippen LogP contribution in [0.25, 0.3) is 10.9 Å². The van der Waals surface area contributed by atoms with Crippen molar-refractivity contribution in [2.24, 2.45) is 0 Å². The lowest BCUT2D eigenvalue weighted by molar-refractivity contribution is 0.402. The average molecular weight is 160 g/mol. The first-order valence-corrected chi connectivity index (χ1v) is 3.79. The first kappa shape index (κ1) is 7.22. The van der Waals surface area contributed by atoms with Crippen LogP contribution < -0.4 is 10.2 Å². The van der Waals surface area contributed by atoms with Crippen molar-refractivity contribution in [2.45, 2.75) is 0 Å². The summed E-state index contributed by atoms with van der Waals surface area (Å²) in [6, 6.07) is 2.02. The number of ether oxygens (including phenoxy) is 1. The Kier molecular flexibility index (Phi) is 1.53. The van der Waals surface area contributed by atoms with E-state index in [2.05, 4.69) is 9.97 Å². The summed E-state index contributed by atoms with van der Waals surface area (Å²) in [6.07, 6.45) is 3.68. The standard InChI is InChI=1S/C8H9BN2O/c1-12-8-7(9)5-2-3-10-6(5)4-11-8/h2-4,10H,9H2,1H3. The van der Waals surface area contributed by atoms with Gasteiger partial charge in [0.2, 0.25) is 5.88 Å². The van der Waals surface area contributed by atoms with E-state index in [-0.39, 0.29) is 0 Å². The highest BCUT2D eigenvalue weighted by Crippen LogP contribution is 2.11. The number of pyridine rings is 1. The normalized spacial score (nSPS) is 10.4. The Morgan fingerprint density at radius 1 is 1.58 bits per heavy atom. The topological polar surface area (TPSA) is 37.9 Å². The number of H-pyrrole nitrogens is 1. The van der Waals surface area contributed by atoms with Gasteiger partial charge in [-0.2, -0.15) is 0 Å². The molecule has 0 aliphatic rings. The van der Waals surface area contributed by atoms with Gasteiger partial charge in [-0.1, -0.05) is 0 Å². The molecule has 0 radical (unpaired) electrons. The van der Waals surface area contributed by atoms with Crippen LogP contribution >= 0.6 is 0 Å². The van der Waals surface area contributed by atoms with Gasteiger partial charge in [0.15, 0.2) is 0 Å². The van der Waals surface area contributed by atoms with Gasteiger partial charge in [0.05, 0.1) is 18.8 Å². The van der Waals surface area contributed by atoms with Crippen LogP contribution in [0.3, 0.4) is 0 Å². The Bertz CT molecular complexity index is 410. The molecule has 0 aliphatic heterocycles. The maximum absolute atomic E-state index is 5.10. The van der Waals surface area contributed by atoms with Gasteiger partial charge in [0.25, 0.3) is 0 Å². The summed E-state index contributed by atoms with van der Waals surface area (Å²) in [5.74, 6) is 0.696. The Morgan fingerprint density at radius 3 is 3.17 bits per heavy atom. The maximum atomic E-state index is 5.10. The lowest BCUT2D eigenvalue weighted by Crippen LogP contribution is -2.09. The molecule has 2 aromatic rings. The molecule has 0 bridgehead atoms. The first-order valence-electron chi connectivity index (χ1n) is 3.79. The molecule has 2 rings (SSSR count). The van der Waals surface area contributed by atoms with E-state index in [9.17, 15) is 0 Å². The van der Waals surface area contributed by atoms with E-state index < -0.39 is 0 Å². The molecule has 0 spiro atoms. The van der Waals surface area contributed by atoms with Crippen molar-refractivity contribution >= 4 is 24.2 Å². The number of nitrogens with zero attached hydrogens (tertiary/aromatic N) is 1. The van der Waals surface area contributed by atoms with Crippen LogP contribution in [0, 0.1) is 0 Å². The fourth-order valence-corrected chi connectivity index (χ4v) is 1.36. The zero-order valence-electron chi connectivity index (χ0n) is 7.09. The van der Waals surface area contributed by atoms with Crippen molar-refractivity contribution in [1.82, 2.24) is 9.97 Å². The number of nitrogens with one attached hydrogen (secondary N) is 1. The van der Waals surface area contributed by atoms with Gasteiger partial charge >= 0.3 is 0 Å². The number of methoxy groups -OCH3 is 1. The molecular weight excluding hydrogens is 151 g/mol. The zero-order chi connectivity index (χ0) is 8.55. The van der Waals surface area contributed by atoms with E-state index in [1.165, 1.54) is 5.39 Å². The number of aromatic amines is 1. The number of aromatic nitrogens is 2. The van der Waals surface area contributed by atoms with Crippen LogP contribution in [0.4, 0.5) is 0 Å². The summed E-state index contributed by atoms with van der Waals surface area (Å²) in [5.41, 5.74) is 2.13. The SMILES string of the molecule is Bc1c(OC)ncc2[nH]ccc12. The lowest BCUT2D eigenvalue weighted by atomic mass is 9.94. The molecule has 0 amide bonds. The molecule has 0 fully saturated rings. The van der Waals surface area contributed by atoms with E-state index in [1.807, 2.05) is 20.1 Å². The fourth-order valence-electron chi connectivity index (χ4n) is 1.36.